The highest BCUT2D eigenvalue weighted by molar-refractivity contribution is 6.07. The Morgan fingerprint density at radius 3 is 2.52 bits per heavy atom. The predicted octanol–water partition coefficient (Wildman–Crippen LogP) is 3.85. The van der Waals surface area contributed by atoms with Gasteiger partial charge in [-0.25, -0.2) is 9.97 Å². The molecule has 0 aliphatic carbocycles. The second kappa shape index (κ2) is 7.39. The van der Waals surface area contributed by atoms with Crippen LogP contribution in [0.1, 0.15) is 10.4 Å². The van der Waals surface area contributed by atoms with Gasteiger partial charge >= 0.3 is 0 Å². The summed E-state index contributed by atoms with van der Waals surface area (Å²) in [5.41, 5.74) is 2.12. The van der Waals surface area contributed by atoms with E-state index in [1.807, 2.05) is 65.6 Å². The number of carbonyl (C=O) groups is 1. The Bertz CT molecular complexity index is 1130. The molecule has 1 aliphatic rings. The Hall–Kier alpha value is -3.67. The number of aromatic nitrogens is 2. The van der Waals surface area contributed by atoms with Crippen LogP contribution in [0.4, 0.5) is 5.82 Å². The van der Waals surface area contributed by atoms with Crippen molar-refractivity contribution in [2.45, 2.75) is 0 Å². The van der Waals surface area contributed by atoms with Crippen molar-refractivity contribution in [3.63, 3.8) is 0 Å². The van der Waals surface area contributed by atoms with Crippen molar-refractivity contribution in [3.8, 4) is 11.5 Å². The Kier molecular flexibility index (Phi) is 4.44. The van der Waals surface area contributed by atoms with Gasteiger partial charge in [0.05, 0.1) is 17.3 Å². The van der Waals surface area contributed by atoms with Gasteiger partial charge in [0.1, 0.15) is 11.5 Å². The number of carbonyl (C=O) groups excluding carboxylic acids is 1. The molecular weight excluding hydrogens is 364 g/mol. The highest BCUT2D eigenvalue weighted by Gasteiger charge is 2.25. The summed E-state index contributed by atoms with van der Waals surface area (Å²) in [6.45, 7) is 2.83. The Labute approximate surface area is 168 Å². The van der Waals surface area contributed by atoms with Crippen molar-refractivity contribution < 1.29 is 9.21 Å². The lowest BCUT2D eigenvalue weighted by Gasteiger charge is -2.35. The number of piperazine rings is 1. The number of hydrogen-bond donors (Lipinski definition) is 0. The second-order valence-corrected chi connectivity index (χ2v) is 7.02. The van der Waals surface area contributed by atoms with E-state index < -0.39 is 0 Å². The van der Waals surface area contributed by atoms with Crippen LogP contribution in [0.5, 0.6) is 0 Å². The van der Waals surface area contributed by atoms with Gasteiger partial charge in [-0.15, -0.1) is 0 Å². The van der Waals surface area contributed by atoms with Gasteiger partial charge in [0.15, 0.2) is 5.76 Å². The van der Waals surface area contributed by atoms with E-state index in [0.717, 1.165) is 29.8 Å². The summed E-state index contributed by atoms with van der Waals surface area (Å²) in [6.07, 6.45) is 3.41. The fourth-order valence-electron chi connectivity index (χ4n) is 3.75. The van der Waals surface area contributed by atoms with E-state index >= 15 is 0 Å². The molecule has 5 rings (SSSR count). The molecule has 4 aromatic rings. The number of pyridine rings is 2. The minimum Gasteiger partial charge on any atom is -0.463 e. The number of anilines is 1. The zero-order valence-corrected chi connectivity index (χ0v) is 15.9. The van der Waals surface area contributed by atoms with Crippen LogP contribution in [-0.2, 0) is 0 Å². The summed E-state index contributed by atoms with van der Waals surface area (Å²) in [6, 6.07) is 19.2. The zero-order valence-electron chi connectivity index (χ0n) is 15.9. The average Bonchev–Trinajstić information content (AvgIpc) is 3.34. The van der Waals surface area contributed by atoms with Crippen LogP contribution >= 0.6 is 0 Å². The summed E-state index contributed by atoms with van der Waals surface area (Å²) in [4.78, 5) is 26.6. The van der Waals surface area contributed by atoms with Crippen molar-refractivity contribution in [1.82, 2.24) is 14.9 Å². The molecule has 0 spiro atoms. The van der Waals surface area contributed by atoms with E-state index in [0.29, 0.717) is 30.1 Å². The lowest BCUT2D eigenvalue weighted by Crippen LogP contribution is -2.49. The topological polar surface area (TPSA) is 62.5 Å². The first kappa shape index (κ1) is 17.4. The van der Waals surface area contributed by atoms with E-state index in [1.165, 1.54) is 0 Å². The maximum absolute atomic E-state index is 13.4. The maximum Gasteiger partial charge on any atom is 0.254 e. The Morgan fingerprint density at radius 2 is 1.76 bits per heavy atom. The van der Waals surface area contributed by atoms with Crippen molar-refractivity contribution in [2.24, 2.45) is 0 Å². The van der Waals surface area contributed by atoms with Crippen LogP contribution < -0.4 is 4.90 Å². The van der Waals surface area contributed by atoms with Crippen molar-refractivity contribution >= 4 is 22.6 Å². The summed E-state index contributed by atoms with van der Waals surface area (Å²) < 4.78 is 5.51. The smallest absolute Gasteiger partial charge is 0.254 e. The zero-order chi connectivity index (χ0) is 19.6. The van der Waals surface area contributed by atoms with Gasteiger partial charge in [0.25, 0.3) is 5.91 Å². The monoisotopic (exact) mass is 384 g/mol. The number of fused-ring (bicyclic) bond motifs is 1. The predicted molar refractivity (Wildman–Crippen MR) is 112 cm³/mol. The number of furan rings is 1. The second-order valence-electron chi connectivity index (χ2n) is 7.02. The average molecular weight is 384 g/mol. The van der Waals surface area contributed by atoms with Crippen LogP contribution in [0, 0.1) is 0 Å². The molecular formula is C23H20N4O2. The molecule has 0 bridgehead atoms. The fourth-order valence-corrected chi connectivity index (χ4v) is 3.75. The van der Waals surface area contributed by atoms with Gasteiger partial charge in [-0.05, 0) is 36.4 Å². The number of para-hydroxylation sites is 1. The van der Waals surface area contributed by atoms with Gasteiger partial charge in [-0.3, -0.25) is 4.79 Å². The molecule has 6 nitrogen and oxygen atoms in total. The molecule has 29 heavy (non-hydrogen) atoms. The molecule has 144 valence electrons. The summed E-state index contributed by atoms with van der Waals surface area (Å²) >= 11 is 0. The highest BCUT2D eigenvalue weighted by Crippen LogP contribution is 2.26. The molecule has 1 aliphatic heterocycles. The lowest BCUT2D eigenvalue weighted by molar-refractivity contribution is 0.0748. The molecule has 0 N–H and O–H groups in total. The van der Waals surface area contributed by atoms with Gasteiger partial charge in [0, 0.05) is 37.8 Å². The van der Waals surface area contributed by atoms with Crippen LogP contribution in [0.25, 0.3) is 22.4 Å². The molecule has 1 amide bonds. The third kappa shape index (κ3) is 3.33. The van der Waals surface area contributed by atoms with E-state index in [-0.39, 0.29) is 5.91 Å². The van der Waals surface area contributed by atoms with Crippen molar-refractivity contribution in [2.75, 3.05) is 31.1 Å². The van der Waals surface area contributed by atoms with Gasteiger partial charge in [-0.1, -0.05) is 24.3 Å². The molecule has 4 heterocycles. The van der Waals surface area contributed by atoms with Gasteiger partial charge in [-0.2, -0.15) is 0 Å². The van der Waals surface area contributed by atoms with Crippen LogP contribution in [-0.4, -0.2) is 47.0 Å². The largest absolute Gasteiger partial charge is 0.463 e. The SMILES string of the molecule is O=C(c1cc(-c2ccco2)nc2ccccc12)N1CCN(c2ccccn2)CC1. The summed E-state index contributed by atoms with van der Waals surface area (Å²) in [5, 5.41) is 0.861. The lowest BCUT2D eigenvalue weighted by atomic mass is 10.0. The minimum absolute atomic E-state index is 0.0251. The molecule has 1 saturated heterocycles. The summed E-state index contributed by atoms with van der Waals surface area (Å²) in [7, 11) is 0. The Morgan fingerprint density at radius 1 is 0.931 bits per heavy atom. The van der Waals surface area contributed by atoms with Crippen LogP contribution in [0.2, 0.25) is 0 Å². The van der Waals surface area contributed by atoms with E-state index in [1.54, 1.807) is 12.5 Å². The number of hydrogen-bond acceptors (Lipinski definition) is 5. The van der Waals surface area contributed by atoms with Crippen molar-refractivity contribution in [1.29, 1.82) is 0 Å². The van der Waals surface area contributed by atoms with Gasteiger partial charge < -0.3 is 14.2 Å². The number of rotatable bonds is 3. The van der Waals surface area contributed by atoms with E-state index in [2.05, 4.69) is 14.9 Å². The highest BCUT2D eigenvalue weighted by atomic mass is 16.3. The standard InChI is InChI=1S/C23H20N4O2/c28-23(27-13-11-26(12-14-27)22-9-3-4-10-24-22)18-16-20(21-8-5-15-29-21)25-19-7-2-1-6-17(18)19/h1-10,15-16H,11-14H2. The molecule has 0 unspecified atom stereocenters. The first-order valence-corrected chi connectivity index (χ1v) is 9.68. The molecule has 1 fully saturated rings. The fraction of sp³-hybridized carbons (Fsp3) is 0.174. The van der Waals surface area contributed by atoms with Crippen molar-refractivity contribution in [3.05, 3.63) is 78.7 Å². The molecule has 3 aromatic heterocycles. The minimum atomic E-state index is 0.0251. The molecule has 0 saturated carbocycles. The quantitative estimate of drug-likeness (QED) is 0.537. The normalized spacial score (nSPS) is 14.3. The number of amides is 1. The Balaban J connectivity index is 1.44. The first-order chi connectivity index (χ1) is 14.3. The van der Waals surface area contributed by atoms with Crippen LogP contribution in [0.15, 0.2) is 77.5 Å². The van der Waals surface area contributed by atoms with Gasteiger partial charge in [0.2, 0.25) is 0 Å². The molecule has 0 radical (unpaired) electrons. The third-order valence-electron chi connectivity index (χ3n) is 5.26. The number of benzene rings is 1. The maximum atomic E-state index is 13.4. The molecule has 6 heteroatoms. The number of nitrogens with zero attached hydrogens (tertiary/aromatic N) is 4. The molecule has 0 atom stereocenters. The first-order valence-electron chi connectivity index (χ1n) is 9.68. The van der Waals surface area contributed by atoms with E-state index in [9.17, 15) is 4.79 Å². The summed E-state index contributed by atoms with van der Waals surface area (Å²) in [5.74, 6) is 1.64. The molecule has 1 aromatic carbocycles. The van der Waals surface area contributed by atoms with Crippen LogP contribution in [0.3, 0.4) is 0 Å². The third-order valence-corrected chi connectivity index (χ3v) is 5.26. The van der Waals surface area contributed by atoms with E-state index in [4.69, 9.17) is 4.42 Å².